The Hall–Kier alpha value is -1.43. The average Bonchev–Trinajstić information content (AvgIpc) is 2.17. The monoisotopic (exact) mass is 227 g/mol. The number of hydrogen-bond acceptors (Lipinski definition) is 4. The van der Waals surface area contributed by atoms with E-state index in [0.29, 0.717) is 5.56 Å². The highest BCUT2D eigenvalue weighted by atomic mass is 32.2. The highest BCUT2D eigenvalue weighted by Crippen LogP contribution is 2.10. The third kappa shape index (κ3) is 3.02. The first-order valence-corrected chi connectivity index (χ1v) is 5.94. The molecule has 81 valence electrons. The van der Waals surface area contributed by atoms with E-state index in [9.17, 15) is 13.2 Å². The number of sulfone groups is 1. The van der Waals surface area contributed by atoms with E-state index in [2.05, 4.69) is 4.98 Å². The molecule has 1 aromatic heterocycles. The zero-order chi connectivity index (χ0) is 11.5. The fourth-order valence-corrected chi connectivity index (χ4v) is 1.83. The fourth-order valence-electron chi connectivity index (χ4n) is 0.997. The first-order chi connectivity index (χ1) is 6.95. The molecule has 0 aromatic carbocycles. The van der Waals surface area contributed by atoms with Crippen LogP contribution in [0.4, 0.5) is 0 Å². The van der Waals surface area contributed by atoms with E-state index >= 15 is 0 Å². The van der Waals surface area contributed by atoms with Gasteiger partial charge in [-0.05, 0) is 17.7 Å². The quantitative estimate of drug-likeness (QED) is 0.778. The van der Waals surface area contributed by atoms with Crippen LogP contribution in [0.15, 0.2) is 23.4 Å². The SMILES string of the molecule is CCS(=O)(=O)c1cc([CH]C(N)=O)ccn1. The van der Waals surface area contributed by atoms with E-state index in [1.165, 1.54) is 25.3 Å². The number of aromatic nitrogens is 1. The Morgan fingerprint density at radius 2 is 2.27 bits per heavy atom. The molecule has 15 heavy (non-hydrogen) atoms. The molecule has 0 saturated carbocycles. The number of nitrogens with two attached hydrogens (primary N) is 1. The van der Waals surface area contributed by atoms with Gasteiger partial charge in [-0.15, -0.1) is 0 Å². The smallest absolute Gasteiger partial charge is 0.226 e. The van der Waals surface area contributed by atoms with Gasteiger partial charge in [-0.2, -0.15) is 0 Å². The van der Waals surface area contributed by atoms with Gasteiger partial charge in [0.1, 0.15) is 0 Å². The molecule has 6 heteroatoms. The summed E-state index contributed by atoms with van der Waals surface area (Å²) in [6.07, 6.45) is 2.48. The predicted molar refractivity (Wildman–Crippen MR) is 54.6 cm³/mol. The van der Waals surface area contributed by atoms with Gasteiger partial charge in [0.25, 0.3) is 0 Å². The average molecular weight is 227 g/mol. The van der Waals surface area contributed by atoms with Gasteiger partial charge in [0, 0.05) is 6.20 Å². The molecule has 0 fully saturated rings. The summed E-state index contributed by atoms with van der Waals surface area (Å²) in [6.45, 7) is 1.53. The van der Waals surface area contributed by atoms with Crippen LogP contribution in [-0.4, -0.2) is 25.1 Å². The Morgan fingerprint density at radius 1 is 1.60 bits per heavy atom. The van der Waals surface area contributed by atoms with Crippen LogP contribution in [0.1, 0.15) is 12.5 Å². The van der Waals surface area contributed by atoms with Gasteiger partial charge in [-0.3, -0.25) is 4.79 Å². The molecule has 5 nitrogen and oxygen atoms in total. The minimum atomic E-state index is -3.34. The molecule has 0 unspecified atom stereocenters. The number of hydrogen-bond donors (Lipinski definition) is 1. The lowest BCUT2D eigenvalue weighted by Crippen LogP contribution is -2.12. The second kappa shape index (κ2) is 4.39. The van der Waals surface area contributed by atoms with Crippen LogP contribution in [0.25, 0.3) is 0 Å². The molecule has 0 atom stereocenters. The highest BCUT2D eigenvalue weighted by molar-refractivity contribution is 7.91. The van der Waals surface area contributed by atoms with Crippen molar-refractivity contribution < 1.29 is 13.2 Å². The molecule has 1 radical (unpaired) electrons. The van der Waals surface area contributed by atoms with Crippen molar-refractivity contribution in [1.29, 1.82) is 0 Å². The second-order valence-corrected chi connectivity index (χ2v) is 5.10. The molecular weight excluding hydrogens is 216 g/mol. The summed E-state index contributed by atoms with van der Waals surface area (Å²) in [4.78, 5) is 14.3. The van der Waals surface area contributed by atoms with Crippen molar-refractivity contribution in [1.82, 2.24) is 4.98 Å². The zero-order valence-corrected chi connectivity index (χ0v) is 8.99. The van der Waals surface area contributed by atoms with Crippen molar-refractivity contribution in [2.24, 2.45) is 5.73 Å². The molecule has 0 bridgehead atoms. The van der Waals surface area contributed by atoms with Crippen LogP contribution in [0.3, 0.4) is 0 Å². The van der Waals surface area contributed by atoms with Crippen LogP contribution < -0.4 is 5.73 Å². The van der Waals surface area contributed by atoms with E-state index in [1.54, 1.807) is 0 Å². The van der Waals surface area contributed by atoms with Crippen molar-refractivity contribution in [2.45, 2.75) is 11.9 Å². The molecule has 1 heterocycles. The molecule has 0 aliphatic heterocycles. The number of carbonyl (C=O) groups excluding carboxylic acids is 1. The van der Waals surface area contributed by atoms with E-state index < -0.39 is 15.7 Å². The van der Waals surface area contributed by atoms with Crippen LogP contribution in [0.2, 0.25) is 0 Å². The number of nitrogens with zero attached hydrogens (tertiary/aromatic N) is 1. The Labute approximate surface area is 88.2 Å². The molecule has 2 N–H and O–H groups in total. The third-order valence-corrected chi connectivity index (χ3v) is 3.39. The van der Waals surface area contributed by atoms with Gasteiger partial charge in [-0.1, -0.05) is 6.92 Å². The normalized spacial score (nSPS) is 11.3. The highest BCUT2D eigenvalue weighted by Gasteiger charge is 2.13. The predicted octanol–water partition coefficient (Wildman–Crippen LogP) is -0.0871. The topological polar surface area (TPSA) is 90.1 Å². The van der Waals surface area contributed by atoms with E-state index in [1.807, 2.05) is 0 Å². The van der Waals surface area contributed by atoms with Crippen molar-refractivity contribution in [3.63, 3.8) is 0 Å². The Morgan fingerprint density at radius 3 is 2.80 bits per heavy atom. The van der Waals surface area contributed by atoms with Crippen molar-refractivity contribution in [3.05, 3.63) is 30.3 Å². The number of rotatable bonds is 4. The number of amides is 1. The minimum absolute atomic E-state index is 0.0278. The van der Waals surface area contributed by atoms with Crippen LogP contribution >= 0.6 is 0 Å². The Bertz CT molecular complexity index is 468. The second-order valence-electron chi connectivity index (χ2n) is 2.88. The first kappa shape index (κ1) is 11.6. The molecule has 0 saturated heterocycles. The van der Waals surface area contributed by atoms with Gasteiger partial charge >= 0.3 is 0 Å². The number of primary amides is 1. The van der Waals surface area contributed by atoms with Gasteiger partial charge < -0.3 is 5.73 Å². The summed E-state index contributed by atoms with van der Waals surface area (Å²) in [5.41, 5.74) is 5.39. The third-order valence-electron chi connectivity index (χ3n) is 1.77. The molecule has 0 aliphatic rings. The Kier molecular flexibility index (Phi) is 3.41. The first-order valence-electron chi connectivity index (χ1n) is 4.28. The lowest BCUT2D eigenvalue weighted by Gasteiger charge is -2.02. The molecular formula is C9H11N2O3S. The van der Waals surface area contributed by atoms with Gasteiger partial charge in [0.05, 0.1) is 12.2 Å². The lowest BCUT2D eigenvalue weighted by molar-refractivity contribution is -0.114. The summed E-state index contributed by atoms with van der Waals surface area (Å²) in [7, 11) is -3.34. The van der Waals surface area contributed by atoms with Gasteiger partial charge in [-0.25, -0.2) is 13.4 Å². The summed E-state index contributed by atoms with van der Waals surface area (Å²) in [6, 6.07) is 2.84. The molecule has 1 aromatic rings. The number of pyridine rings is 1. The van der Waals surface area contributed by atoms with Crippen LogP contribution in [-0.2, 0) is 14.6 Å². The molecule has 0 spiro atoms. The lowest BCUT2D eigenvalue weighted by atomic mass is 10.2. The van der Waals surface area contributed by atoms with Crippen LogP contribution in [0, 0.1) is 6.42 Å². The number of carbonyl (C=O) groups is 1. The van der Waals surface area contributed by atoms with Crippen LogP contribution in [0.5, 0.6) is 0 Å². The fraction of sp³-hybridized carbons (Fsp3) is 0.222. The summed E-state index contributed by atoms with van der Waals surface area (Å²) in [5, 5.41) is -0.0417. The van der Waals surface area contributed by atoms with Gasteiger partial charge in [0.2, 0.25) is 5.91 Å². The van der Waals surface area contributed by atoms with E-state index in [-0.39, 0.29) is 10.8 Å². The Balaban J connectivity index is 3.08. The summed E-state index contributed by atoms with van der Waals surface area (Å²) < 4.78 is 22.9. The summed E-state index contributed by atoms with van der Waals surface area (Å²) >= 11 is 0. The largest absolute Gasteiger partial charge is 0.369 e. The van der Waals surface area contributed by atoms with Crippen molar-refractivity contribution >= 4 is 15.7 Å². The van der Waals surface area contributed by atoms with Crippen molar-refractivity contribution in [2.75, 3.05) is 5.75 Å². The molecule has 1 rings (SSSR count). The van der Waals surface area contributed by atoms with E-state index in [4.69, 9.17) is 5.73 Å². The van der Waals surface area contributed by atoms with Crippen molar-refractivity contribution in [3.8, 4) is 0 Å². The maximum atomic E-state index is 11.4. The zero-order valence-electron chi connectivity index (χ0n) is 8.17. The molecule has 0 aliphatic carbocycles. The van der Waals surface area contributed by atoms with E-state index in [0.717, 1.165) is 6.42 Å². The maximum Gasteiger partial charge on any atom is 0.226 e. The summed E-state index contributed by atoms with van der Waals surface area (Å²) in [5.74, 6) is -0.652. The minimum Gasteiger partial charge on any atom is -0.369 e. The van der Waals surface area contributed by atoms with Gasteiger partial charge in [0.15, 0.2) is 14.9 Å². The standard InChI is InChI=1S/C9H11N2O3S/c1-2-15(13,14)9-6-7(3-4-11-9)5-8(10)12/h3-6H,2H2,1H3,(H2,10,12). The molecule has 1 amide bonds. The maximum absolute atomic E-state index is 11.4.